The van der Waals surface area contributed by atoms with E-state index in [0.717, 1.165) is 0 Å². The maximum atomic E-state index is 12.4. The normalized spacial score (nSPS) is 10.6. The van der Waals surface area contributed by atoms with E-state index in [4.69, 9.17) is 34.8 Å². The molecule has 0 bridgehead atoms. The van der Waals surface area contributed by atoms with Crippen LogP contribution in [0.1, 0.15) is 16.2 Å². The summed E-state index contributed by atoms with van der Waals surface area (Å²) in [5.41, 5.74) is 0.915. The SMILES string of the molecule is C=CCn1c(CNC(=O)c2cccc(Cl)c2)nnc1SCC(=O)Nc1ccc(Cl)cc1Cl. The number of thioether (sulfide) groups is 1. The number of nitrogens with zero attached hydrogens (tertiary/aromatic N) is 3. The van der Waals surface area contributed by atoms with Crippen LogP contribution in [0.15, 0.2) is 60.3 Å². The van der Waals surface area contributed by atoms with Crippen molar-refractivity contribution in [2.75, 3.05) is 11.1 Å². The Morgan fingerprint density at radius 1 is 1.09 bits per heavy atom. The van der Waals surface area contributed by atoms with Crippen LogP contribution in [0.4, 0.5) is 5.69 Å². The average Bonchev–Trinajstić information content (AvgIpc) is 3.14. The molecule has 0 spiro atoms. The molecule has 2 N–H and O–H groups in total. The molecule has 0 aliphatic carbocycles. The van der Waals surface area contributed by atoms with Gasteiger partial charge in [0.15, 0.2) is 11.0 Å². The molecule has 3 aromatic rings. The topological polar surface area (TPSA) is 88.9 Å². The van der Waals surface area contributed by atoms with E-state index in [2.05, 4.69) is 27.4 Å². The van der Waals surface area contributed by atoms with Crippen molar-refractivity contribution in [3.8, 4) is 0 Å². The molecule has 3 rings (SSSR count). The number of aromatic nitrogens is 3. The number of allylic oxidation sites excluding steroid dienone is 1. The third-order valence-electron chi connectivity index (χ3n) is 4.14. The van der Waals surface area contributed by atoms with Crippen molar-refractivity contribution in [1.29, 1.82) is 0 Å². The number of amides is 2. The molecule has 0 unspecified atom stereocenters. The van der Waals surface area contributed by atoms with Crippen LogP contribution in [0.2, 0.25) is 15.1 Å². The second-order valence-electron chi connectivity index (χ2n) is 6.45. The molecule has 2 aromatic carbocycles. The first-order valence-electron chi connectivity index (χ1n) is 9.32. The molecule has 1 aromatic heterocycles. The Hall–Kier alpha value is -2.52. The third-order valence-corrected chi connectivity index (χ3v) is 5.89. The number of carbonyl (C=O) groups is 2. The number of rotatable bonds is 9. The summed E-state index contributed by atoms with van der Waals surface area (Å²) in [7, 11) is 0. The van der Waals surface area contributed by atoms with Crippen LogP contribution >= 0.6 is 46.6 Å². The molecule has 11 heteroatoms. The smallest absolute Gasteiger partial charge is 0.251 e. The number of nitrogens with one attached hydrogen (secondary N) is 2. The maximum Gasteiger partial charge on any atom is 0.251 e. The summed E-state index contributed by atoms with van der Waals surface area (Å²) in [5, 5.41) is 15.6. The highest BCUT2D eigenvalue weighted by Gasteiger charge is 2.15. The lowest BCUT2D eigenvalue weighted by atomic mass is 10.2. The zero-order valence-electron chi connectivity index (χ0n) is 16.6. The lowest BCUT2D eigenvalue weighted by molar-refractivity contribution is -0.113. The molecule has 0 fully saturated rings. The van der Waals surface area contributed by atoms with Crippen molar-refractivity contribution in [3.05, 3.63) is 81.6 Å². The highest BCUT2D eigenvalue weighted by Crippen LogP contribution is 2.26. The highest BCUT2D eigenvalue weighted by atomic mass is 35.5. The van der Waals surface area contributed by atoms with Crippen molar-refractivity contribution < 1.29 is 9.59 Å². The van der Waals surface area contributed by atoms with Crippen molar-refractivity contribution in [1.82, 2.24) is 20.1 Å². The van der Waals surface area contributed by atoms with E-state index in [-0.39, 0.29) is 24.1 Å². The minimum absolute atomic E-state index is 0.0864. The number of halogens is 3. The van der Waals surface area contributed by atoms with Crippen molar-refractivity contribution in [3.63, 3.8) is 0 Å². The van der Waals surface area contributed by atoms with Crippen LogP contribution in [-0.4, -0.2) is 32.3 Å². The quantitative estimate of drug-likeness (QED) is 0.309. The van der Waals surface area contributed by atoms with Gasteiger partial charge in [-0.3, -0.25) is 9.59 Å². The fourth-order valence-corrected chi connectivity index (χ4v) is 4.08. The Bertz CT molecular complexity index is 1150. The van der Waals surface area contributed by atoms with Gasteiger partial charge < -0.3 is 15.2 Å². The molecule has 0 saturated carbocycles. The van der Waals surface area contributed by atoms with Gasteiger partial charge in [0.1, 0.15) is 0 Å². The number of hydrogen-bond donors (Lipinski definition) is 2. The highest BCUT2D eigenvalue weighted by molar-refractivity contribution is 7.99. The first kappa shape index (κ1) is 24.1. The third kappa shape index (κ3) is 6.49. The van der Waals surface area contributed by atoms with Crippen LogP contribution in [0, 0.1) is 0 Å². The van der Waals surface area contributed by atoms with Crippen molar-refractivity contribution >= 4 is 64.1 Å². The van der Waals surface area contributed by atoms with Gasteiger partial charge in [0.2, 0.25) is 5.91 Å². The minimum Gasteiger partial charge on any atom is -0.345 e. The molecule has 0 aliphatic rings. The predicted molar refractivity (Wildman–Crippen MR) is 129 cm³/mol. The van der Waals surface area contributed by atoms with Gasteiger partial charge in [-0.15, -0.1) is 16.8 Å². The molecule has 32 heavy (non-hydrogen) atoms. The van der Waals surface area contributed by atoms with Gasteiger partial charge >= 0.3 is 0 Å². The molecule has 0 radical (unpaired) electrons. The second kappa shape index (κ2) is 11.4. The monoisotopic (exact) mass is 509 g/mol. The lowest BCUT2D eigenvalue weighted by Crippen LogP contribution is -2.24. The van der Waals surface area contributed by atoms with Gasteiger partial charge in [0, 0.05) is 22.2 Å². The number of hydrogen-bond acceptors (Lipinski definition) is 5. The Balaban J connectivity index is 1.61. The van der Waals surface area contributed by atoms with E-state index < -0.39 is 0 Å². The Morgan fingerprint density at radius 3 is 2.59 bits per heavy atom. The first-order chi connectivity index (χ1) is 15.4. The first-order valence-corrected chi connectivity index (χ1v) is 11.4. The Morgan fingerprint density at radius 2 is 1.88 bits per heavy atom. The van der Waals surface area contributed by atoms with E-state index in [1.165, 1.54) is 11.8 Å². The summed E-state index contributed by atoms with van der Waals surface area (Å²) >= 11 is 19.1. The number of carbonyl (C=O) groups excluding carboxylic acids is 2. The summed E-state index contributed by atoms with van der Waals surface area (Å²) in [4.78, 5) is 24.7. The molecular formula is C21H18Cl3N5O2S. The van der Waals surface area contributed by atoms with Gasteiger partial charge in [0.05, 0.1) is 23.0 Å². The van der Waals surface area contributed by atoms with Crippen LogP contribution in [0.5, 0.6) is 0 Å². The van der Waals surface area contributed by atoms with E-state index in [9.17, 15) is 9.59 Å². The minimum atomic E-state index is -0.283. The summed E-state index contributed by atoms with van der Waals surface area (Å²) in [6, 6.07) is 11.5. The second-order valence-corrected chi connectivity index (χ2v) is 8.67. The molecule has 0 atom stereocenters. The van der Waals surface area contributed by atoms with Gasteiger partial charge in [-0.25, -0.2) is 0 Å². The molecule has 0 aliphatic heterocycles. The van der Waals surface area contributed by atoms with Crippen molar-refractivity contribution in [2.45, 2.75) is 18.2 Å². The molecule has 7 nitrogen and oxygen atoms in total. The number of anilines is 1. The lowest BCUT2D eigenvalue weighted by Gasteiger charge is -2.10. The average molecular weight is 511 g/mol. The zero-order chi connectivity index (χ0) is 23.1. The van der Waals surface area contributed by atoms with E-state index >= 15 is 0 Å². The van der Waals surface area contributed by atoms with Crippen LogP contribution in [0.3, 0.4) is 0 Å². The zero-order valence-corrected chi connectivity index (χ0v) is 19.7. The van der Waals surface area contributed by atoms with E-state index in [0.29, 0.717) is 43.8 Å². The molecule has 2 amide bonds. The summed E-state index contributed by atoms with van der Waals surface area (Å²) in [5.74, 6) is 0.0736. The van der Waals surface area contributed by atoms with E-state index in [1.807, 2.05) is 0 Å². The summed E-state index contributed by atoms with van der Waals surface area (Å²) < 4.78 is 1.78. The van der Waals surface area contributed by atoms with Crippen molar-refractivity contribution in [2.24, 2.45) is 0 Å². The van der Waals surface area contributed by atoms with Crippen LogP contribution < -0.4 is 10.6 Å². The Kier molecular flexibility index (Phi) is 8.58. The van der Waals surface area contributed by atoms with Gasteiger partial charge in [-0.1, -0.05) is 58.7 Å². The molecule has 1 heterocycles. The van der Waals surface area contributed by atoms with Gasteiger partial charge in [-0.05, 0) is 36.4 Å². The maximum absolute atomic E-state index is 12.4. The van der Waals surface area contributed by atoms with Gasteiger partial charge in [-0.2, -0.15) is 0 Å². The van der Waals surface area contributed by atoms with Crippen LogP contribution in [0.25, 0.3) is 0 Å². The molecular weight excluding hydrogens is 493 g/mol. The molecule has 0 saturated heterocycles. The summed E-state index contributed by atoms with van der Waals surface area (Å²) in [6.07, 6.45) is 1.68. The summed E-state index contributed by atoms with van der Waals surface area (Å²) in [6.45, 7) is 4.32. The molecule has 166 valence electrons. The fraction of sp³-hybridized carbons (Fsp3) is 0.143. The van der Waals surface area contributed by atoms with Crippen LogP contribution in [-0.2, 0) is 17.9 Å². The Labute approximate surface area is 204 Å². The van der Waals surface area contributed by atoms with E-state index in [1.54, 1.807) is 53.1 Å². The van der Waals surface area contributed by atoms with Gasteiger partial charge in [0.25, 0.3) is 5.91 Å². The largest absolute Gasteiger partial charge is 0.345 e. The predicted octanol–water partition coefficient (Wildman–Crippen LogP) is 5.09. The number of benzene rings is 2. The standard InChI is InChI=1S/C21H18Cl3N5O2S/c1-2-8-29-18(11-25-20(31)13-4-3-5-14(22)9-13)27-28-21(29)32-12-19(30)26-17-7-6-15(23)10-16(17)24/h2-7,9-10H,1,8,11-12H2,(H,25,31)(H,26,30). The fourth-order valence-electron chi connectivity index (χ4n) is 2.67.